The van der Waals surface area contributed by atoms with Gasteiger partial charge in [-0.1, -0.05) is 132 Å². The van der Waals surface area contributed by atoms with E-state index in [4.69, 9.17) is 9.84 Å². The van der Waals surface area contributed by atoms with E-state index < -0.39 is 5.97 Å². The van der Waals surface area contributed by atoms with Crippen LogP contribution in [0.2, 0.25) is 0 Å². The molecule has 0 rings (SSSR count). The van der Waals surface area contributed by atoms with Crippen LogP contribution < -0.4 is 5.32 Å². The molecule has 50 heavy (non-hydrogen) atoms. The van der Waals surface area contributed by atoms with Crippen molar-refractivity contribution in [2.24, 2.45) is 0 Å². The maximum atomic E-state index is 12.7. The van der Waals surface area contributed by atoms with Crippen LogP contribution in [0, 0.1) is 0 Å². The van der Waals surface area contributed by atoms with E-state index in [2.05, 4.69) is 92.1 Å². The van der Waals surface area contributed by atoms with Crippen molar-refractivity contribution in [2.45, 2.75) is 180 Å². The number of aliphatic carboxylic acids is 1. The van der Waals surface area contributed by atoms with Crippen LogP contribution in [0.15, 0.2) is 72.9 Å². The summed E-state index contributed by atoms with van der Waals surface area (Å²) in [6.07, 6.45) is 51.6. The zero-order valence-corrected chi connectivity index (χ0v) is 32.0. The summed E-state index contributed by atoms with van der Waals surface area (Å²) in [5.41, 5.74) is 0. The number of hydrogen-bond acceptors (Lipinski definition) is 4. The molecule has 0 bridgehead atoms. The fraction of sp³-hybridized carbons (Fsp3) is 0.659. The highest BCUT2D eigenvalue weighted by atomic mass is 16.5. The summed E-state index contributed by atoms with van der Waals surface area (Å²) in [5.74, 6) is -1.28. The fourth-order valence-corrected chi connectivity index (χ4v) is 5.42. The second-order valence-corrected chi connectivity index (χ2v) is 13.1. The van der Waals surface area contributed by atoms with Gasteiger partial charge in [0.25, 0.3) is 0 Å². The van der Waals surface area contributed by atoms with Crippen molar-refractivity contribution in [2.75, 3.05) is 6.54 Å². The third-order valence-corrected chi connectivity index (χ3v) is 8.34. The van der Waals surface area contributed by atoms with E-state index in [1.54, 1.807) is 0 Å². The fourth-order valence-electron chi connectivity index (χ4n) is 5.42. The predicted octanol–water partition coefficient (Wildman–Crippen LogP) is 12.2. The summed E-state index contributed by atoms with van der Waals surface area (Å²) in [6.45, 7) is 4.03. The number of esters is 1. The number of ether oxygens (including phenoxy) is 1. The van der Waals surface area contributed by atoms with Crippen molar-refractivity contribution >= 4 is 17.8 Å². The molecule has 0 aromatic heterocycles. The Kier molecular flexibility index (Phi) is 36.2. The summed E-state index contributed by atoms with van der Waals surface area (Å²) in [5, 5.41) is 11.1. The Morgan fingerprint density at radius 3 is 1.54 bits per heavy atom. The molecule has 0 aliphatic heterocycles. The lowest BCUT2D eigenvalue weighted by Gasteiger charge is -2.18. The number of carbonyl (C=O) groups excluding carboxylic acids is 2. The van der Waals surface area contributed by atoms with E-state index in [9.17, 15) is 14.4 Å². The van der Waals surface area contributed by atoms with Gasteiger partial charge in [0.2, 0.25) is 5.91 Å². The first-order valence-electron chi connectivity index (χ1n) is 20.1. The lowest BCUT2D eigenvalue weighted by atomic mass is 10.0. The SMILES string of the molecule is CC/C=C\C/C=C\C/C=C\C/C=C\CCCCC(CCCCCCCC(=O)NCC(=O)O)OC(=O)CCCCCCC/C=C\C/C=C\CCC. The Labute approximate surface area is 306 Å². The average molecular weight is 696 g/mol. The largest absolute Gasteiger partial charge is 0.480 e. The zero-order chi connectivity index (χ0) is 36.6. The maximum Gasteiger partial charge on any atom is 0.322 e. The second-order valence-electron chi connectivity index (χ2n) is 13.1. The molecule has 1 atom stereocenters. The summed E-state index contributed by atoms with van der Waals surface area (Å²) in [7, 11) is 0. The molecule has 1 unspecified atom stereocenters. The number of hydrogen-bond donors (Lipinski definition) is 2. The smallest absolute Gasteiger partial charge is 0.322 e. The molecule has 0 fully saturated rings. The maximum absolute atomic E-state index is 12.7. The van der Waals surface area contributed by atoms with Crippen molar-refractivity contribution in [3.05, 3.63) is 72.9 Å². The third kappa shape index (κ3) is 37.7. The lowest BCUT2D eigenvalue weighted by molar-refractivity contribution is -0.150. The standard InChI is InChI=1S/C44H73NO5/c1-3-5-7-9-11-13-15-17-18-20-21-23-25-28-32-36-41(37-33-29-27-30-34-38-42(46)45-40-43(47)48)50-44(49)39-35-31-26-24-22-19-16-14-12-10-8-6-4-2/h5,7-8,10-11,13-14,16-18,21,23,41H,3-4,6,9,12,15,19-20,22,24-40H2,1-2H3,(H,45,46)(H,47,48)/b7-5-,10-8-,13-11-,16-14-,18-17-,23-21-. The molecule has 0 saturated heterocycles. The number of amides is 1. The van der Waals surface area contributed by atoms with Crippen LogP contribution >= 0.6 is 0 Å². The van der Waals surface area contributed by atoms with E-state index in [0.29, 0.717) is 12.8 Å². The van der Waals surface area contributed by atoms with Gasteiger partial charge in [-0.15, -0.1) is 0 Å². The van der Waals surface area contributed by atoms with Crippen molar-refractivity contribution in [3.8, 4) is 0 Å². The van der Waals surface area contributed by atoms with Gasteiger partial charge in [0.1, 0.15) is 12.6 Å². The van der Waals surface area contributed by atoms with E-state index >= 15 is 0 Å². The summed E-state index contributed by atoms with van der Waals surface area (Å²) >= 11 is 0. The molecular weight excluding hydrogens is 622 g/mol. The highest BCUT2D eigenvalue weighted by molar-refractivity contribution is 5.80. The average Bonchev–Trinajstić information content (AvgIpc) is 3.10. The molecule has 0 radical (unpaired) electrons. The Morgan fingerprint density at radius 1 is 0.540 bits per heavy atom. The van der Waals surface area contributed by atoms with Crippen LogP contribution in [0.4, 0.5) is 0 Å². The molecule has 0 aliphatic carbocycles. The number of unbranched alkanes of at least 4 members (excludes halogenated alkanes) is 12. The van der Waals surface area contributed by atoms with Crippen molar-refractivity contribution < 1.29 is 24.2 Å². The molecule has 6 heteroatoms. The molecule has 0 heterocycles. The van der Waals surface area contributed by atoms with Crippen LogP contribution in [-0.4, -0.2) is 35.6 Å². The van der Waals surface area contributed by atoms with Crippen LogP contribution in [0.5, 0.6) is 0 Å². The topological polar surface area (TPSA) is 92.7 Å². The van der Waals surface area contributed by atoms with Crippen molar-refractivity contribution in [1.82, 2.24) is 5.32 Å². The Balaban J connectivity index is 4.34. The van der Waals surface area contributed by atoms with E-state index in [-0.39, 0.29) is 24.5 Å². The molecule has 0 saturated carbocycles. The minimum absolute atomic E-state index is 0.0228. The lowest BCUT2D eigenvalue weighted by Crippen LogP contribution is -2.28. The van der Waals surface area contributed by atoms with Gasteiger partial charge in [-0.2, -0.15) is 0 Å². The Bertz CT molecular complexity index is 990. The summed E-state index contributed by atoms with van der Waals surface area (Å²) in [6, 6.07) is 0. The summed E-state index contributed by atoms with van der Waals surface area (Å²) < 4.78 is 5.99. The van der Waals surface area contributed by atoms with Gasteiger partial charge in [-0.05, 0) is 103 Å². The minimum atomic E-state index is -1.02. The molecule has 0 aromatic rings. The van der Waals surface area contributed by atoms with E-state index in [1.807, 2.05) is 0 Å². The van der Waals surface area contributed by atoms with Gasteiger partial charge in [0.05, 0.1) is 0 Å². The zero-order valence-electron chi connectivity index (χ0n) is 32.0. The molecule has 1 amide bonds. The van der Waals surface area contributed by atoms with Gasteiger partial charge >= 0.3 is 11.9 Å². The highest BCUT2D eigenvalue weighted by Crippen LogP contribution is 2.18. The molecular formula is C44H73NO5. The first kappa shape index (κ1) is 46.9. The van der Waals surface area contributed by atoms with Gasteiger partial charge in [-0.25, -0.2) is 0 Å². The number of allylic oxidation sites excluding steroid dienone is 12. The van der Waals surface area contributed by atoms with Crippen LogP contribution in [-0.2, 0) is 19.1 Å². The van der Waals surface area contributed by atoms with Crippen LogP contribution in [0.3, 0.4) is 0 Å². The number of nitrogens with one attached hydrogen (secondary N) is 1. The quantitative estimate of drug-likeness (QED) is 0.0391. The molecule has 6 nitrogen and oxygen atoms in total. The van der Waals surface area contributed by atoms with E-state index in [0.717, 1.165) is 116 Å². The molecule has 0 aliphatic rings. The number of rotatable bonds is 35. The van der Waals surface area contributed by atoms with Gasteiger partial charge in [0.15, 0.2) is 0 Å². The molecule has 284 valence electrons. The number of carboxylic acid groups (broad SMARTS) is 1. The van der Waals surface area contributed by atoms with Crippen molar-refractivity contribution in [3.63, 3.8) is 0 Å². The monoisotopic (exact) mass is 696 g/mol. The minimum Gasteiger partial charge on any atom is -0.480 e. The second kappa shape index (κ2) is 38.6. The van der Waals surface area contributed by atoms with Gasteiger partial charge in [-0.3, -0.25) is 14.4 Å². The molecule has 0 spiro atoms. The van der Waals surface area contributed by atoms with Gasteiger partial charge in [0, 0.05) is 12.8 Å². The Hall–Kier alpha value is -3.15. The number of carboxylic acids is 1. The first-order chi connectivity index (χ1) is 24.5. The van der Waals surface area contributed by atoms with Crippen molar-refractivity contribution in [1.29, 1.82) is 0 Å². The predicted molar refractivity (Wildman–Crippen MR) is 212 cm³/mol. The molecule has 2 N–H and O–H groups in total. The highest BCUT2D eigenvalue weighted by Gasteiger charge is 2.14. The van der Waals surface area contributed by atoms with Crippen LogP contribution in [0.1, 0.15) is 174 Å². The molecule has 0 aromatic carbocycles. The first-order valence-corrected chi connectivity index (χ1v) is 20.1. The van der Waals surface area contributed by atoms with Crippen LogP contribution in [0.25, 0.3) is 0 Å². The van der Waals surface area contributed by atoms with Gasteiger partial charge < -0.3 is 15.2 Å². The summed E-state index contributed by atoms with van der Waals surface area (Å²) in [4.78, 5) is 35.0. The number of carbonyl (C=O) groups is 3. The normalized spacial score (nSPS) is 12.8. The third-order valence-electron chi connectivity index (χ3n) is 8.34. The Morgan fingerprint density at radius 2 is 0.980 bits per heavy atom. The van der Waals surface area contributed by atoms with E-state index in [1.165, 1.54) is 32.1 Å².